The Hall–Kier alpha value is -1.07. The van der Waals surface area contributed by atoms with Crippen LogP contribution in [0.1, 0.15) is 82.6 Å². The molecule has 1 aliphatic rings. The number of allylic oxidation sites excluding steroid dienone is 2. The van der Waals surface area contributed by atoms with Crippen LogP contribution in [0.2, 0.25) is 16.6 Å². The molecule has 0 saturated carbocycles. The molecule has 0 radical (unpaired) electrons. The Morgan fingerprint density at radius 2 is 1.71 bits per heavy atom. The van der Waals surface area contributed by atoms with Crippen LogP contribution in [0.15, 0.2) is 28.4 Å². The summed E-state index contributed by atoms with van der Waals surface area (Å²) >= 11 is 3.68. The second-order valence-electron chi connectivity index (χ2n) is 8.71. The number of carbonyl (C=O) groups is 1. The van der Waals surface area contributed by atoms with Gasteiger partial charge in [-0.15, -0.1) is 0 Å². The fourth-order valence-corrected chi connectivity index (χ4v) is 11.0. The van der Waals surface area contributed by atoms with E-state index in [9.17, 15) is 4.79 Å². The molecule has 0 saturated heterocycles. The Kier molecular flexibility index (Phi) is 7.97. The van der Waals surface area contributed by atoms with E-state index >= 15 is 0 Å². The number of methoxy groups -OCH3 is 1. The number of aldehydes is 1. The molecule has 0 fully saturated rings. The summed E-state index contributed by atoms with van der Waals surface area (Å²) < 4.78 is 13.6. The van der Waals surface area contributed by atoms with Crippen molar-refractivity contribution in [3.8, 4) is 5.75 Å². The van der Waals surface area contributed by atoms with E-state index in [1.54, 1.807) is 7.11 Å². The highest BCUT2D eigenvalue weighted by molar-refractivity contribution is 9.10. The van der Waals surface area contributed by atoms with E-state index in [1.807, 2.05) is 12.1 Å². The fraction of sp³-hybridized carbons (Fsp3) is 0.609. The highest BCUT2D eigenvalue weighted by Gasteiger charge is 2.48. The molecule has 2 rings (SSSR count). The summed E-state index contributed by atoms with van der Waals surface area (Å²) in [5, 5.41) is 0. The summed E-state index contributed by atoms with van der Waals surface area (Å²) in [6.07, 6.45) is 6.33. The smallest absolute Gasteiger partial charge is 0.258 e. The molecule has 1 unspecified atom stereocenters. The number of ether oxygens (including phenoxy) is 1. The van der Waals surface area contributed by atoms with Crippen LogP contribution in [0.3, 0.4) is 0 Å². The van der Waals surface area contributed by atoms with E-state index in [2.05, 4.69) is 63.5 Å². The summed E-state index contributed by atoms with van der Waals surface area (Å²) in [6, 6.07) is 3.70. The SMILES string of the molecule is COc1ccc(C=O)c(Br)c1C1CCCC=C1O[Si](C(C)C)(C(C)C)C(C)C. The van der Waals surface area contributed by atoms with Crippen molar-refractivity contribution in [3.05, 3.63) is 39.6 Å². The first-order valence-corrected chi connectivity index (χ1v) is 13.3. The number of rotatable bonds is 8. The van der Waals surface area contributed by atoms with Gasteiger partial charge in [0.05, 0.1) is 12.9 Å². The lowest BCUT2D eigenvalue weighted by Gasteiger charge is -2.45. The lowest BCUT2D eigenvalue weighted by atomic mass is 9.86. The minimum atomic E-state index is -2.05. The van der Waals surface area contributed by atoms with E-state index in [1.165, 1.54) is 0 Å². The molecular weight excluding hydrogens is 432 g/mol. The van der Waals surface area contributed by atoms with Gasteiger partial charge in [0.2, 0.25) is 0 Å². The lowest BCUT2D eigenvalue weighted by Crippen LogP contribution is -2.48. The van der Waals surface area contributed by atoms with E-state index < -0.39 is 8.32 Å². The van der Waals surface area contributed by atoms with Gasteiger partial charge in [-0.25, -0.2) is 0 Å². The average Bonchev–Trinajstić information content (AvgIpc) is 2.65. The third kappa shape index (κ3) is 4.25. The van der Waals surface area contributed by atoms with Gasteiger partial charge in [0.25, 0.3) is 8.32 Å². The number of carbonyl (C=O) groups excluding carboxylic acids is 1. The van der Waals surface area contributed by atoms with Crippen molar-refractivity contribution in [1.29, 1.82) is 0 Å². The molecule has 3 nitrogen and oxygen atoms in total. The van der Waals surface area contributed by atoms with Gasteiger partial charge in [0.1, 0.15) is 5.75 Å². The summed E-state index contributed by atoms with van der Waals surface area (Å²) in [7, 11) is -0.362. The Morgan fingerprint density at radius 3 is 2.21 bits per heavy atom. The summed E-state index contributed by atoms with van der Waals surface area (Å²) in [4.78, 5) is 11.5. The molecule has 0 heterocycles. The highest BCUT2D eigenvalue weighted by atomic mass is 79.9. The predicted molar refractivity (Wildman–Crippen MR) is 123 cm³/mol. The zero-order valence-electron chi connectivity index (χ0n) is 18.3. The highest BCUT2D eigenvalue weighted by Crippen LogP contribution is 2.49. The van der Waals surface area contributed by atoms with Crippen LogP contribution in [-0.4, -0.2) is 21.7 Å². The Balaban J connectivity index is 2.57. The number of hydrogen-bond acceptors (Lipinski definition) is 3. The minimum Gasteiger partial charge on any atom is -0.545 e. The molecule has 1 atom stereocenters. The maximum Gasteiger partial charge on any atom is 0.258 e. The van der Waals surface area contributed by atoms with Crippen molar-refractivity contribution in [2.24, 2.45) is 0 Å². The van der Waals surface area contributed by atoms with Crippen molar-refractivity contribution in [2.45, 2.75) is 83.3 Å². The molecule has 28 heavy (non-hydrogen) atoms. The first-order valence-electron chi connectivity index (χ1n) is 10.4. The van der Waals surface area contributed by atoms with Crippen molar-refractivity contribution in [3.63, 3.8) is 0 Å². The number of hydrogen-bond donors (Lipinski definition) is 0. The molecule has 5 heteroatoms. The van der Waals surface area contributed by atoms with Crippen LogP contribution < -0.4 is 4.74 Å². The zero-order valence-corrected chi connectivity index (χ0v) is 20.9. The number of benzene rings is 1. The largest absolute Gasteiger partial charge is 0.545 e. The van der Waals surface area contributed by atoms with Crippen LogP contribution in [0, 0.1) is 0 Å². The number of halogens is 1. The van der Waals surface area contributed by atoms with Gasteiger partial charge in [-0.3, -0.25) is 4.79 Å². The Bertz CT molecular complexity index is 703. The van der Waals surface area contributed by atoms with Gasteiger partial charge in [-0.2, -0.15) is 0 Å². The van der Waals surface area contributed by atoms with Gasteiger partial charge in [-0.1, -0.05) is 41.5 Å². The normalized spacial score (nSPS) is 17.8. The topological polar surface area (TPSA) is 35.5 Å². The summed E-state index contributed by atoms with van der Waals surface area (Å²) in [5.74, 6) is 2.00. The third-order valence-electron chi connectivity index (χ3n) is 6.25. The van der Waals surface area contributed by atoms with E-state index in [0.717, 1.165) is 47.1 Å². The van der Waals surface area contributed by atoms with Gasteiger partial charge < -0.3 is 9.16 Å². The molecule has 1 aromatic carbocycles. The van der Waals surface area contributed by atoms with E-state index in [0.29, 0.717) is 22.2 Å². The van der Waals surface area contributed by atoms with Crippen molar-refractivity contribution < 1.29 is 14.0 Å². The minimum absolute atomic E-state index is 0.112. The first-order chi connectivity index (χ1) is 13.2. The van der Waals surface area contributed by atoms with Crippen LogP contribution >= 0.6 is 15.9 Å². The molecular formula is C23H35BrO3Si. The first kappa shape index (κ1) is 23.2. The van der Waals surface area contributed by atoms with E-state index in [-0.39, 0.29) is 5.92 Å². The Morgan fingerprint density at radius 1 is 1.11 bits per heavy atom. The van der Waals surface area contributed by atoms with Gasteiger partial charge in [0, 0.05) is 21.5 Å². The summed E-state index contributed by atoms with van der Waals surface area (Å²) in [5.41, 5.74) is 3.24. The van der Waals surface area contributed by atoms with E-state index in [4.69, 9.17) is 9.16 Å². The predicted octanol–water partition coefficient (Wildman–Crippen LogP) is 7.61. The van der Waals surface area contributed by atoms with Crippen molar-refractivity contribution >= 4 is 30.5 Å². The molecule has 0 aromatic heterocycles. The van der Waals surface area contributed by atoms with Crippen LogP contribution in [0.4, 0.5) is 0 Å². The molecule has 0 aliphatic heterocycles. The molecule has 0 N–H and O–H groups in total. The quantitative estimate of drug-likeness (QED) is 0.291. The van der Waals surface area contributed by atoms with Crippen LogP contribution in [0.25, 0.3) is 0 Å². The van der Waals surface area contributed by atoms with Gasteiger partial charge >= 0.3 is 0 Å². The zero-order chi connectivity index (χ0) is 21.1. The monoisotopic (exact) mass is 466 g/mol. The standard InChI is InChI=1S/C23H35BrO3Si/c1-15(2)28(16(3)4,17(5)6)27-20-11-9-8-10-19(20)22-21(26-7)13-12-18(14-25)23(22)24/h11-17,19H,8-10H2,1-7H3. The molecule has 156 valence electrons. The van der Waals surface area contributed by atoms with Crippen LogP contribution in [0.5, 0.6) is 5.75 Å². The summed E-state index contributed by atoms with van der Waals surface area (Å²) in [6.45, 7) is 13.9. The molecule has 1 aromatic rings. The average molecular weight is 468 g/mol. The van der Waals surface area contributed by atoms with Gasteiger partial charge in [0.15, 0.2) is 6.29 Å². The van der Waals surface area contributed by atoms with Crippen molar-refractivity contribution in [1.82, 2.24) is 0 Å². The molecule has 1 aliphatic carbocycles. The molecule has 0 bridgehead atoms. The van der Waals surface area contributed by atoms with Gasteiger partial charge in [-0.05, 0) is 70.0 Å². The van der Waals surface area contributed by atoms with Crippen LogP contribution in [-0.2, 0) is 4.43 Å². The lowest BCUT2D eigenvalue weighted by molar-refractivity contribution is 0.112. The van der Waals surface area contributed by atoms with Crippen molar-refractivity contribution in [2.75, 3.05) is 7.11 Å². The third-order valence-corrected chi connectivity index (χ3v) is 13.1. The fourth-order valence-electron chi connectivity index (χ4n) is 4.99. The molecule has 0 amide bonds. The Labute approximate surface area is 180 Å². The molecule has 0 spiro atoms. The second kappa shape index (κ2) is 9.62. The second-order valence-corrected chi connectivity index (χ2v) is 14.9. The maximum absolute atomic E-state index is 11.5. The maximum atomic E-state index is 11.5.